The van der Waals surface area contributed by atoms with Crippen molar-refractivity contribution in [3.63, 3.8) is 0 Å². The number of fused-ring (bicyclic) bond motifs is 3. The van der Waals surface area contributed by atoms with E-state index in [9.17, 15) is 23.1 Å². The molecule has 2 aromatic carbocycles. The van der Waals surface area contributed by atoms with Crippen LogP contribution in [0.1, 0.15) is 17.4 Å². The maximum atomic E-state index is 13.9. The largest absolute Gasteiger partial charge is 0.465 e. The topological polar surface area (TPSA) is 67.6 Å². The molecule has 2 heterocycles. The number of alkyl halides is 2. The lowest BCUT2D eigenvalue weighted by molar-refractivity contribution is -0.0508. The van der Waals surface area contributed by atoms with Crippen LogP contribution in [0.25, 0.3) is 11.0 Å². The van der Waals surface area contributed by atoms with Gasteiger partial charge < -0.3 is 14.4 Å². The van der Waals surface area contributed by atoms with Gasteiger partial charge in [0, 0.05) is 18.2 Å². The molecule has 1 aliphatic rings. The molecule has 1 atom stereocenters. The number of halogens is 4. The number of carbonyl (C=O) groups is 1. The summed E-state index contributed by atoms with van der Waals surface area (Å²) in [7, 11) is 0. The maximum absolute atomic E-state index is 13.9. The first-order chi connectivity index (χ1) is 13.3. The number of ether oxygens (including phenoxy) is 1. The zero-order valence-corrected chi connectivity index (χ0v) is 15.7. The van der Waals surface area contributed by atoms with Crippen molar-refractivity contribution in [2.45, 2.75) is 19.2 Å². The third-order valence-corrected chi connectivity index (χ3v) is 5.21. The predicted molar refractivity (Wildman–Crippen MR) is 97.0 cm³/mol. The number of nitrogens with zero attached hydrogens (tertiary/aromatic N) is 3. The Morgan fingerprint density at radius 1 is 1.32 bits per heavy atom. The van der Waals surface area contributed by atoms with E-state index in [1.54, 1.807) is 28.8 Å². The van der Waals surface area contributed by atoms with Gasteiger partial charge in [-0.25, -0.2) is 14.2 Å². The van der Waals surface area contributed by atoms with Gasteiger partial charge in [0.1, 0.15) is 17.4 Å². The van der Waals surface area contributed by atoms with Gasteiger partial charge in [0.15, 0.2) is 0 Å². The smallest absolute Gasteiger partial charge is 0.407 e. The van der Waals surface area contributed by atoms with Crippen molar-refractivity contribution in [2.75, 3.05) is 6.54 Å². The Balaban J connectivity index is 1.93. The van der Waals surface area contributed by atoms with Crippen LogP contribution in [-0.4, -0.2) is 38.8 Å². The molecule has 146 valence electrons. The summed E-state index contributed by atoms with van der Waals surface area (Å²) in [6, 6.07) is 8.32. The molecule has 4 rings (SSSR count). The summed E-state index contributed by atoms with van der Waals surface area (Å²) in [5, 5.41) is 9.48. The summed E-state index contributed by atoms with van der Waals surface area (Å²) in [5.41, 5.74) is 1.29. The molecule has 0 radical (unpaired) electrons. The highest BCUT2D eigenvalue weighted by molar-refractivity contribution is 9.10. The molecule has 0 spiro atoms. The molecule has 1 aliphatic heterocycles. The van der Waals surface area contributed by atoms with Gasteiger partial charge in [-0.1, -0.05) is 18.2 Å². The number of amides is 1. The first-order valence-electron chi connectivity index (χ1n) is 8.22. The third kappa shape index (κ3) is 3.17. The Bertz CT molecular complexity index is 1070. The van der Waals surface area contributed by atoms with Gasteiger partial charge in [-0.05, 0) is 28.1 Å². The van der Waals surface area contributed by atoms with Crippen LogP contribution in [0.15, 0.2) is 40.9 Å². The van der Waals surface area contributed by atoms with E-state index in [-0.39, 0.29) is 23.3 Å². The highest BCUT2D eigenvalue weighted by Crippen LogP contribution is 2.37. The van der Waals surface area contributed by atoms with Gasteiger partial charge in [-0.2, -0.15) is 8.78 Å². The quantitative estimate of drug-likeness (QED) is 0.625. The molecule has 1 amide bonds. The summed E-state index contributed by atoms with van der Waals surface area (Å²) in [4.78, 5) is 17.1. The molecule has 0 saturated carbocycles. The molecule has 0 saturated heterocycles. The molecule has 0 bridgehead atoms. The SMILES string of the molecule is O=C(O)N1Cc2nc3cc(F)c(Br)cc3n2C(c2ccccc2OC(F)F)C1. The first kappa shape index (κ1) is 18.6. The van der Waals surface area contributed by atoms with Crippen molar-refractivity contribution >= 4 is 33.1 Å². The van der Waals surface area contributed by atoms with Gasteiger partial charge in [-0.15, -0.1) is 0 Å². The molecule has 10 heteroatoms. The monoisotopic (exact) mass is 455 g/mol. The molecule has 6 nitrogen and oxygen atoms in total. The number of hydrogen-bond acceptors (Lipinski definition) is 3. The molecule has 1 unspecified atom stereocenters. The van der Waals surface area contributed by atoms with E-state index >= 15 is 0 Å². The molecular weight excluding hydrogens is 443 g/mol. The van der Waals surface area contributed by atoms with E-state index in [0.717, 1.165) is 4.90 Å². The highest BCUT2D eigenvalue weighted by Gasteiger charge is 2.33. The fourth-order valence-electron chi connectivity index (χ4n) is 3.47. The average Bonchev–Trinajstić information content (AvgIpc) is 2.98. The summed E-state index contributed by atoms with van der Waals surface area (Å²) in [5.74, 6) is -0.169. The molecular formula is C18H13BrF3N3O3. The van der Waals surface area contributed by atoms with Crippen LogP contribution in [-0.2, 0) is 6.54 Å². The summed E-state index contributed by atoms with van der Waals surface area (Å²) >= 11 is 3.14. The summed E-state index contributed by atoms with van der Waals surface area (Å²) < 4.78 is 46.3. The molecule has 0 fully saturated rings. The molecule has 0 aliphatic carbocycles. The Morgan fingerprint density at radius 2 is 2.07 bits per heavy atom. The van der Waals surface area contributed by atoms with Gasteiger partial charge in [-0.3, -0.25) is 4.90 Å². The standard InChI is InChI=1S/C18H13BrF3N3O3/c19-10-5-13-12(6-11(10)20)23-16-8-24(18(26)27)7-14(25(13)16)9-3-1-2-4-15(9)28-17(21)22/h1-6,14,17H,7-8H2,(H,26,27). The van der Waals surface area contributed by atoms with E-state index in [4.69, 9.17) is 0 Å². The lowest BCUT2D eigenvalue weighted by Gasteiger charge is -2.33. The summed E-state index contributed by atoms with van der Waals surface area (Å²) in [6.45, 7) is -3.02. The zero-order valence-electron chi connectivity index (χ0n) is 14.2. The molecule has 3 aromatic rings. The van der Waals surface area contributed by atoms with Gasteiger partial charge in [0.05, 0.1) is 28.1 Å². The van der Waals surface area contributed by atoms with E-state index in [0.29, 0.717) is 22.4 Å². The van der Waals surface area contributed by atoms with Crippen LogP contribution < -0.4 is 4.74 Å². The van der Waals surface area contributed by atoms with E-state index < -0.39 is 24.6 Å². The van der Waals surface area contributed by atoms with E-state index in [1.807, 2.05) is 0 Å². The lowest BCUT2D eigenvalue weighted by atomic mass is 10.0. The van der Waals surface area contributed by atoms with Crippen molar-refractivity contribution in [3.8, 4) is 5.75 Å². The Morgan fingerprint density at radius 3 is 2.79 bits per heavy atom. The number of imidazole rings is 1. The van der Waals surface area contributed by atoms with Crippen molar-refractivity contribution in [1.29, 1.82) is 0 Å². The minimum Gasteiger partial charge on any atom is -0.465 e. The second-order valence-electron chi connectivity index (χ2n) is 6.25. The normalized spacial score (nSPS) is 16.5. The van der Waals surface area contributed by atoms with E-state index in [2.05, 4.69) is 25.7 Å². The second-order valence-corrected chi connectivity index (χ2v) is 7.10. The Kier molecular flexibility index (Phi) is 4.66. The van der Waals surface area contributed by atoms with Crippen molar-refractivity contribution < 1.29 is 27.8 Å². The fraction of sp³-hybridized carbons (Fsp3) is 0.222. The van der Waals surface area contributed by atoms with Crippen LogP contribution in [0.5, 0.6) is 5.75 Å². The second kappa shape index (κ2) is 7.01. The van der Waals surface area contributed by atoms with Crippen LogP contribution in [0.2, 0.25) is 0 Å². The Labute approximate surface area is 165 Å². The average molecular weight is 456 g/mol. The van der Waals surface area contributed by atoms with Gasteiger partial charge in [0.2, 0.25) is 0 Å². The molecule has 1 aromatic heterocycles. The zero-order chi connectivity index (χ0) is 20.0. The number of benzene rings is 2. The number of aromatic nitrogens is 2. The van der Waals surface area contributed by atoms with Crippen LogP contribution in [0.3, 0.4) is 0 Å². The van der Waals surface area contributed by atoms with Crippen molar-refractivity contribution in [3.05, 3.63) is 58.1 Å². The minimum atomic E-state index is -3.03. The van der Waals surface area contributed by atoms with E-state index in [1.165, 1.54) is 12.1 Å². The fourth-order valence-corrected chi connectivity index (χ4v) is 3.80. The van der Waals surface area contributed by atoms with Crippen LogP contribution in [0, 0.1) is 5.82 Å². The number of rotatable bonds is 3. The number of para-hydroxylation sites is 1. The lowest BCUT2D eigenvalue weighted by Crippen LogP contribution is -2.41. The predicted octanol–water partition coefficient (Wildman–Crippen LogP) is 4.62. The van der Waals surface area contributed by atoms with Crippen molar-refractivity contribution in [1.82, 2.24) is 14.5 Å². The minimum absolute atomic E-state index is 0.00236. The van der Waals surface area contributed by atoms with Crippen molar-refractivity contribution in [2.24, 2.45) is 0 Å². The highest BCUT2D eigenvalue weighted by atomic mass is 79.9. The molecule has 28 heavy (non-hydrogen) atoms. The first-order valence-corrected chi connectivity index (χ1v) is 9.02. The van der Waals surface area contributed by atoms with Gasteiger partial charge in [0.25, 0.3) is 0 Å². The molecule has 1 N–H and O–H groups in total. The van der Waals surface area contributed by atoms with Crippen LogP contribution >= 0.6 is 15.9 Å². The maximum Gasteiger partial charge on any atom is 0.407 e. The third-order valence-electron chi connectivity index (χ3n) is 4.61. The summed E-state index contributed by atoms with van der Waals surface area (Å²) in [6.07, 6.45) is -1.16. The Hall–Kier alpha value is -2.75. The van der Waals surface area contributed by atoms with Gasteiger partial charge >= 0.3 is 12.7 Å². The van der Waals surface area contributed by atoms with Crippen LogP contribution in [0.4, 0.5) is 18.0 Å². The number of hydrogen-bond donors (Lipinski definition) is 1. The number of carboxylic acid groups (broad SMARTS) is 1.